The van der Waals surface area contributed by atoms with Gasteiger partial charge in [-0.2, -0.15) is 4.98 Å². The second-order valence-corrected chi connectivity index (χ2v) is 8.21. The molecule has 4 aromatic rings. The van der Waals surface area contributed by atoms with Crippen LogP contribution in [0, 0.1) is 5.82 Å². The van der Waals surface area contributed by atoms with E-state index in [4.69, 9.17) is 8.85 Å². The number of halogens is 5. The highest BCUT2D eigenvalue weighted by Crippen LogP contribution is 2.36. The van der Waals surface area contributed by atoms with E-state index in [0.29, 0.717) is 0 Å². The second-order valence-electron chi connectivity index (χ2n) is 8.21. The van der Waals surface area contributed by atoms with Gasteiger partial charge in [0.05, 0.1) is 35.0 Å². The first-order chi connectivity index (χ1) is 18.2. The summed E-state index contributed by atoms with van der Waals surface area (Å²) in [6.07, 6.45) is -1.88. The Balaban J connectivity index is 1.61. The maximum Gasteiger partial charge on any atom is 0.286 e. The third-order valence-electron chi connectivity index (χ3n) is 5.83. The molecule has 0 unspecified atom stereocenters. The van der Waals surface area contributed by atoms with Gasteiger partial charge in [0.25, 0.3) is 12.3 Å². The SMILES string of the molecule is [2H]C([2H])([2H])Oc1nc(N[C@@H]2CN(C(C)=O)CC2(F)F)nn2cc(F)c(-c3ccc4nnn(CC(F)F)c4c3)c12. The van der Waals surface area contributed by atoms with Crippen LogP contribution in [0.1, 0.15) is 11.0 Å². The molecule has 0 bridgehead atoms. The van der Waals surface area contributed by atoms with Gasteiger partial charge in [0.1, 0.15) is 23.6 Å². The Morgan fingerprint density at radius 3 is 2.89 bits per heavy atom. The van der Waals surface area contributed by atoms with E-state index < -0.39 is 62.1 Å². The minimum absolute atomic E-state index is 0.111. The predicted octanol–water partition coefficient (Wildman–Crippen LogP) is 2.83. The van der Waals surface area contributed by atoms with E-state index in [-0.39, 0.29) is 34.2 Å². The van der Waals surface area contributed by atoms with Gasteiger partial charge in [0.2, 0.25) is 17.7 Å². The number of hydrogen-bond acceptors (Lipinski definition) is 7. The highest BCUT2D eigenvalue weighted by atomic mass is 19.3. The topological polar surface area (TPSA) is 102 Å². The molecule has 15 heteroatoms. The summed E-state index contributed by atoms with van der Waals surface area (Å²) < 4.78 is 99.6. The Bertz CT molecular complexity index is 1570. The van der Waals surface area contributed by atoms with E-state index in [0.717, 1.165) is 27.2 Å². The van der Waals surface area contributed by atoms with Crippen LogP contribution in [0.15, 0.2) is 24.4 Å². The number of carbonyl (C=O) groups is 1. The van der Waals surface area contributed by atoms with Crippen LogP contribution in [-0.2, 0) is 11.3 Å². The number of amides is 1. The van der Waals surface area contributed by atoms with Gasteiger partial charge in [0.15, 0.2) is 5.82 Å². The molecule has 10 nitrogen and oxygen atoms in total. The summed E-state index contributed by atoms with van der Waals surface area (Å²) in [7, 11) is -3.07. The number of likely N-dealkylation sites (tertiary alicyclic amines) is 1. The molecule has 1 aromatic carbocycles. The molecule has 1 fully saturated rings. The van der Waals surface area contributed by atoms with Crippen molar-refractivity contribution in [2.75, 3.05) is 25.4 Å². The Morgan fingerprint density at radius 1 is 1.39 bits per heavy atom. The normalized spacial score (nSPS) is 19.0. The highest BCUT2D eigenvalue weighted by Gasteiger charge is 2.49. The van der Waals surface area contributed by atoms with Crippen molar-refractivity contribution in [2.45, 2.75) is 31.9 Å². The summed E-state index contributed by atoms with van der Waals surface area (Å²) in [5, 5.41) is 13.9. The van der Waals surface area contributed by atoms with E-state index in [1.165, 1.54) is 18.2 Å². The number of nitrogens with one attached hydrogen (secondary N) is 1. The van der Waals surface area contributed by atoms with Crippen molar-refractivity contribution in [2.24, 2.45) is 0 Å². The number of hydrogen-bond donors (Lipinski definition) is 1. The lowest BCUT2D eigenvalue weighted by Gasteiger charge is -2.19. The fraction of sp³-hybridized carbons (Fsp3) is 0.381. The molecule has 0 radical (unpaired) electrons. The number of methoxy groups -OCH3 is 1. The van der Waals surface area contributed by atoms with Gasteiger partial charge in [-0.15, -0.1) is 10.2 Å². The van der Waals surface area contributed by atoms with Gasteiger partial charge in [-0.1, -0.05) is 11.3 Å². The van der Waals surface area contributed by atoms with Gasteiger partial charge >= 0.3 is 0 Å². The Labute approximate surface area is 203 Å². The minimum Gasteiger partial charge on any atom is -0.479 e. The third-order valence-corrected chi connectivity index (χ3v) is 5.83. The van der Waals surface area contributed by atoms with Crippen LogP contribution >= 0.6 is 0 Å². The Hall–Kier alpha value is -4.04. The van der Waals surface area contributed by atoms with E-state index in [2.05, 4.69) is 25.7 Å². The number of carbonyl (C=O) groups excluding carboxylic acids is 1. The predicted molar refractivity (Wildman–Crippen MR) is 117 cm³/mol. The molecular formula is C21H19F5N8O2. The third kappa shape index (κ3) is 4.03. The average molecular weight is 513 g/mol. The number of nitrogens with zero attached hydrogens (tertiary/aromatic N) is 7. The van der Waals surface area contributed by atoms with Crippen molar-refractivity contribution < 1.29 is 35.6 Å². The summed E-state index contributed by atoms with van der Waals surface area (Å²) in [5.74, 6) is -6.02. The van der Waals surface area contributed by atoms with E-state index in [1.807, 2.05) is 0 Å². The molecule has 1 saturated heterocycles. The first-order valence-electron chi connectivity index (χ1n) is 12.0. The van der Waals surface area contributed by atoms with Crippen molar-refractivity contribution >= 4 is 28.4 Å². The molecule has 1 amide bonds. The smallest absolute Gasteiger partial charge is 0.286 e. The molecule has 1 N–H and O–H groups in total. The molecule has 1 atom stereocenters. The van der Waals surface area contributed by atoms with Gasteiger partial charge in [0, 0.05) is 13.5 Å². The van der Waals surface area contributed by atoms with Gasteiger partial charge < -0.3 is 15.0 Å². The lowest BCUT2D eigenvalue weighted by Crippen LogP contribution is -2.38. The van der Waals surface area contributed by atoms with Crippen LogP contribution in [0.4, 0.5) is 27.9 Å². The lowest BCUT2D eigenvalue weighted by atomic mass is 10.1. The first kappa shape index (κ1) is 20.2. The zero-order valence-electron chi connectivity index (χ0n) is 21.4. The van der Waals surface area contributed by atoms with Crippen LogP contribution in [0.5, 0.6) is 5.88 Å². The standard InChI is InChI=1S/C21H19F5N8O2/c1-10(35)32-7-15(21(25,26)9-32)27-20-28-19(36-2)18-17(12(22)6-34(18)30-20)11-3-4-13-14(5-11)33(31-29-13)8-16(23)24/h3-6,15-16H,7-9H2,1-2H3,(H,27,30)/t15-/m1/s1/i2D3. The quantitative estimate of drug-likeness (QED) is 0.396. The molecule has 5 rings (SSSR count). The summed E-state index contributed by atoms with van der Waals surface area (Å²) in [5.41, 5.74) is 0.0236. The van der Waals surface area contributed by atoms with Crippen LogP contribution in [0.25, 0.3) is 27.7 Å². The molecular weight excluding hydrogens is 491 g/mol. The molecule has 1 aliphatic rings. The van der Waals surface area contributed by atoms with Crippen LogP contribution < -0.4 is 10.1 Å². The van der Waals surface area contributed by atoms with Crippen LogP contribution in [-0.4, -0.2) is 78.9 Å². The van der Waals surface area contributed by atoms with E-state index in [1.54, 1.807) is 0 Å². The molecule has 36 heavy (non-hydrogen) atoms. The summed E-state index contributed by atoms with van der Waals surface area (Å²) in [6, 6.07) is 2.52. The number of ether oxygens (including phenoxy) is 1. The number of rotatable bonds is 6. The largest absolute Gasteiger partial charge is 0.479 e. The maximum atomic E-state index is 15.3. The molecule has 190 valence electrons. The molecule has 0 spiro atoms. The van der Waals surface area contributed by atoms with Crippen LogP contribution in [0.2, 0.25) is 0 Å². The number of benzene rings is 1. The monoisotopic (exact) mass is 513 g/mol. The van der Waals surface area contributed by atoms with Crippen molar-refractivity contribution in [3.05, 3.63) is 30.2 Å². The first-order valence-corrected chi connectivity index (χ1v) is 10.5. The highest BCUT2D eigenvalue weighted by molar-refractivity contribution is 5.89. The number of anilines is 1. The molecule has 4 heterocycles. The number of alkyl halides is 4. The van der Waals surface area contributed by atoms with Crippen molar-refractivity contribution in [1.29, 1.82) is 0 Å². The van der Waals surface area contributed by atoms with Crippen molar-refractivity contribution in [1.82, 2.24) is 34.5 Å². The van der Waals surface area contributed by atoms with Crippen LogP contribution in [0.3, 0.4) is 0 Å². The average Bonchev–Trinajstić information content (AvgIpc) is 3.45. The van der Waals surface area contributed by atoms with Gasteiger partial charge in [-0.3, -0.25) is 4.79 Å². The summed E-state index contributed by atoms with van der Waals surface area (Å²) in [6.45, 7) is -0.855. The van der Waals surface area contributed by atoms with Gasteiger partial charge in [-0.25, -0.2) is 31.1 Å². The lowest BCUT2D eigenvalue weighted by molar-refractivity contribution is -0.129. The zero-order chi connectivity index (χ0) is 28.3. The fourth-order valence-corrected chi connectivity index (χ4v) is 4.14. The van der Waals surface area contributed by atoms with E-state index in [9.17, 15) is 22.4 Å². The van der Waals surface area contributed by atoms with Gasteiger partial charge in [-0.05, 0) is 17.7 Å². The molecule has 3 aromatic heterocycles. The Morgan fingerprint density at radius 2 is 2.19 bits per heavy atom. The fourth-order valence-electron chi connectivity index (χ4n) is 4.14. The molecule has 1 aliphatic heterocycles. The zero-order valence-corrected chi connectivity index (χ0v) is 18.4. The summed E-state index contributed by atoms with van der Waals surface area (Å²) >= 11 is 0. The second kappa shape index (κ2) is 8.57. The van der Waals surface area contributed by atoms with Crippen molar-refractivity contribution in [3.63, 3.8) is 0 Å². The van der Waals surface area contributed by atoms with E-state index >= 15 is 4.39 Å². The molecule has 0 saturated carbocycles. The molecule has 0 aliphatic carbocycles. The van der Waals surface area contributed by atoms with Crippen molar-refractivity contribution in [3.8, 4) is 17.0 Å². The Kier molecular flexibility index (Phi) is 4.80. The number of aromatic nitrogens is 6. The maximum absolute atomic E-state index is 15.3. The summed E-state index contributed by atoms with van der Waals surface area (Å²) in [4.78, 5) is 16.4. The minimum atomic E-state index is -3.37. The number of fused-ring (bicyclic) bond motifs is 2.